The molecule has 1 aromatic rings. The number of aliphatic carboxylic acids is 1. The number of nitrogens with zero attached hydrogens (tertiary/aromatic N) is 2. The molecule has 3 heterocycles. The van der Waals surface area contributed by atoms with Gasteiger partial charge in [0.2, 0.25) is 59.1 Å². The maximum atomic E-state index is 14.1. The summed E-state index contributed by atoms with van der Waals surface area (Å²) in [6.07, 6.45) is 3.17. The van der Waals surface area contributed by atoms with Gasteiger partial charge in [-0.25, -0.2) is 4.98 Å². The van der Waals surface area contributed by atoms with E-state index in [0.29, 0.717) is 12.1 Å². The van der Waals surface area contributed by atoms with E-state index >= 15 is 0 Å². The van der Waals surface area contributed by atoms with Crippen LogP contribution < -0.4 is 59.3 Å². The number of amides is 10. The first kappa shape index (κ1) is 60.1. The van der Waals surface area contributed by atoms with Crippen LogP contribution in [0.2, 0.25) is 0 Å². The summed E-state index contributed by atoms with van der Waals surface area (Å²) in [6, 6.07) is -15.6. The molecule has 0 aromatic carbocycles. The summed E-state index contributed by atoms with van der Waals surface area (Å²) < 4.78 is 0. The van der Waals surface area contributed by atoms with Gasteiger partial charge in [-0.2, -0.15) is 0 Å². The zero-order valence-corrected chi connectivity index (χ0v) is 40.8. The highest BCUT2D eigenvalue weighted by atomic mass is 33.1. The number of hydrogen-bond donors (Lipinski definition) is 17. The molecule has 2 fully saturated rings. The number of unbranched alkanes of at least 4 members (excludes halogenated alkanes) is 1. The van der Waals surface area contributed by atoms with Crippen LogP contribution in [0.4, 0.5) is 0 Å². The SMILES string of the molecule is C[C@H](N)C(=O)N[C@H]1CSSC[C@@H](C(=O)NCC(=O)O)NC(=O)[C@H](Cc2cnc[nH]2)NC(=O)[C@H](CCCCN)NC(=O)[C@H](CO)NC(=O)[C@@H]2CCCN2C(=O)[C@H](CO)NC(=O)[C@H](CO)NC(=O)[C@H](CO)NC1=O. The molecule has 3 rings (SSSR count). The van der Waals surface area contributed by atoms with E-state index in [1.807, 2.05) is 0 Å². The Hall–Kier alpha value is -6.16. The van der Waals surface area contributed by atoms with Crippen molar-refractivity contribution in [3.63, 3.8) is 0 Å². The number of H-pyrrole nitrogens is 1. The summed E-state index contributed by atoms with van der Waals surface area (Å²) in [5.74, 6) is -12.4. The van der Waals surface area contributed by atoms with Crippen LogP contribution in [-0.2, 0) is 59.2 Å². The number of aliphatic hydroxyl groups excluding tert-OH is 4. The summed E-state index contributed by atoms with van der Waals surface area (Å²) >= 11 is 0. The lowest BCUT2D eigenvalue weighted by Gasteiger charge is -2.30. The molecule has 19 N–H and O–H groups in total. The van der Waals surface area contributed by atoms with Gasteiger partial charge in [0.1, 0.15) is 60.9 Å². The maximum Gasteiger partial charge on any atom is 0.322 e. The van der Waals surface area contributed by atoms with Crippen molar-refractivity contribution in [1.82, 2.24) is 62.7 Å². The minimum atomic E-state index is -1.86. The van der Waals surface area contributed by atoms with Gasteiger partial charge in [-0.1, -0.05) is 21.6 Å². The molecule has 72 heavy (non-hydrogen) atoms. The number of aromatic nitrogens is 2. The monoisotopic (exact) mass is 1060 g/mol. The lowest BCUT2D eigenvalue weighted by atomic mass is 10.1. The van der Waals surface area contributed by atoms with Gasteiger partial charge in [-0.3, -0.25) is 52.7 Å². The molecule has 0 saturated carbocycles. The molecular weight excluding hydrogens is 997 g/mol. The fourth-order valence-electron chi connectivity index (χ4n) is 6.95. The van der Waals surface area contributed by atoms with Crippen molar-refractivity contribution >= 4 is 86.6 Å². The molecule has 0 bridgehead atoms. The Morgan fingerprint density at radius 3 is 1.82 bits per heavy atom. The Morgan fingerprint density at radius 2 is 1.26 bits per heavy atom. The van der Waals surface area contributed by atoms with Gasteiger partial charge in [0.15, 0.2) is 0 Å². The minimum Gasteiger partial charge on any atom is -0.480 e. The standard InChI is InChI=1S/C40H64N14O16S2/c1-19(42)31(61)52-28-17-72-71-16-27(32(62)44-11-30(59)60)53-34(64)22(9-20-10-43-18-45-20)47-33(63)21(5-2-3-7-41)46-35(65)25(14-57)50-39(69)29-6-4-8-54(29)40(70)26(15-58)51-37(67)24(13-56)48-36(66)23(12-55)49-38(28)68/h10,18-19,21-29,55-58H,2-9,11-17,41-42H2,1H3,(H,43,45)(H,44,62)(H,46,65)(H,47,63)(H,48,66)(H,49,68)(H,50,69)(H,51,67)(H,52,61)(H,53,64)(H,59,60)/t19-,21-,22-,23-,24-,25-,26-,27-,28-,29-/m0/s1. The number of nitrogens with one attached hydrogen (secondary N) is 10. The number of aromatic amines is 1. The fourth-order valence-corrected chi connectivity index (χ4v) is 9.28. The van der Waals surface area contributed by atoms with Crippen molar-refractivity contribution in [2.45, 2.75) is 106 Å². The lowest BCUT2D eigenvalue weighted by Crippen LogP contribution is -2.62. The van der Waals surface area contributed by atoms with E-state index in [4.69, 9.17) is 11.5 Å². The van der Waals surface area contributed by atoms with Crippen LogP contribution in [0.3, 0.4) is 0 Å². The van der Waals surface area contributed by atoms with E-state index in [1.54, 1.807) is 0 Å². The quantitative estimate of drug-likeness (QED) is 0.0573. The van der Waals surface area contributed by atoms with Crippen LogP contribution in [0.1, 0.15) is 44.7 Å². The van der Waals surface area contributed by atoms with E-state index < -0.39 is 158 Å². The number of carbonyl (C=O) groups is 11. The molecule has 2 aliphatic heterocycles. The van der Waals surface area contributed by atoms with E-state index in [-0.39, 0.29) is 56.7 Å². The molecule has 402 valence electrons. The first-order chi connectivity index (χ1) is 34.3. The van der Waals surface area contributed by atoms with Crippen molar-refractivity contribution in [1.29, 1.82) is 0 Å². The molecule has 10 atom stereocenters. The number of hydrogen-bond acceptors (Lipinski definition) is 20. The largest absolute Gasteiger partial charge is 0.480 e. The van der Waals surface area contributed by atoms with Crippen molar-refractivity contribution < 1.29 is 78.3 Å². The minimum absolute atomic E-state index is 0.0200. The van der Waals surface area contributed by atoms with E-state index in [1.165, 1.54) is 19.4 Å². The Kier molecular flexibility index (Phi) is 25.6. The van der Waals surface area contributed by atoms with Gasteiger partial charge in [0.05, 0.1) is 38.8 Å². The van der Waals surface area contributed by atoms with Crippen molar-refractivity contribution in [2.24, 2.45) is 11.5 Å². The second-order valence-electron chi connectivity index (χ2n) is 16.4. The molecule has 2 saturated heterocycles. The topological polar surface area (TPSA) is 481 Å². The van der Waals surface area contributed by atoms with Crippen LogP contribution in [-0.4, -0.2) is 223 Å². The maximum absolute atomic E-state index is 14.1. The predicted octanol–water partition coefficient (Wildman–Crippen LogP) is -9.14. The smallest absolute Gasteiger partial charge is 0.322 e. The predicted molar refractivity (Wildman–Crippen MR) is 253 cm³/mol. The summed E-state index contributed by atoms with van der Waals surface area (Å²) in [7, 11) is 1.70. The van der Waals surface area contributed by atoms with Gasteiger partial charge in [0, 0.05) is 36.4 Å². The highest BCUT2D eigenvalue weighted by Gasteiger charge is 2.40. The van der Waals surface area contributed by atoms with Gasteiger partial charge >= 0.3 is 5.97 Å². The molecule has 10 amide bonds. The molecule has 0 unspecified atom stereocenters. The first-order valence-corrected chi connectivity index (χ1v) is 25.1. The van der Waals surface area contributed by atoms with Gasteiger partial charge in [0.25, 0.3) is 0 Å². The van der Waals surface area contributed by atoms with E-state index in [2.05, 4.69) is 57.8 Å². The summed E-state index contributed by atoms with van der Waals surface area (Å²) in [5.41, 5.74) is 11.7. The Bertz CT molecular complexity index is 2060. The normalized spacial score (nSPS) is 26.6. The van der Waals surface area contributed by atoms with Crippen molar-refractivity contribution in [3.05, 3.63) is 18.2 Å². The number of aliphatic hydroxyl groups is 4. The average Bonchev–Trinajstić information content (AvgIpc) is 4.07. The molecule has 0 radical (unpaired) electrons. The fraction of sp³-hybridized carbons (Fsp3) is 0.650. The summed E-state index contributed by atoms with van der Waals surface area (Å²) in [5, 5.41) is 70.8. The second kappa shape index (κ2) is 30.7. The number of imidazole rings is 1. The van der Waals surface area contributed by atoms with Gasteiger partial charge in [-0.15, -0.1) is 0 Å². The molecule has 30 nitrogen and oxygen atoms in total. The third kappa shape index (κ3) is 18.8. The van der Waals surface area contributed by atoms with Crippen LogP contribution in [0.25, 0.3) is 0 Å². The summed E-state index contributed by atoms with van der Waals surface area (Å²) in [6.45, 7) is -3.69. The molecule has 32 heteroatoms. The Labute approximate surface area is 419 Å². The van der Waals surface area contributed by atoms with Crippen LogP contribution in [0.15, 0.2) is 12.5 Å². The number of nitrogens with two attached hydrogens (primary N) is 2. The zero-order chi connectivity index (χ0) is 53.5. The average molecular weight is 1060 g/mol. The van der Waals surface area contributed by atoms with Crippen LogP contribution in [0.5, 0.6) is 0 Å². The molecule has 0 aliphatic carbocycles. The molecule has 1 aromatic heterocycles. The highest BCUT2D eigenvalue weighted by Crippen LogP contribution is 2.24. The Balaban J connectivity index is 2.08. The van der Waals surface area contributed by atoms with Crippen molar-refractivity contribution in [3.8, 4) is 0 Å². The Morgan fingerprint density at radius 1 is 0.736 bits per heavy atom. The first-order valence-electron chi connectivity index (χ1n) is 22.6. The molecule has 0 spiro atoms. The number of carboxylic acid groups (broad SMARTS) is 1. The van der Waals surface area contributed by atoms with Crippen LogP contribution >= 0.6 is 21.6 Å². The third-order valence-corrected chi connectivity index (χ3v) is 13.3. The zero-order valence-electron chi connectivity index (χ0n) is 39.1. The lowest BCUT2D eigenvalue weighted by molar-refractivity contribution is -0.143. The number of rotatable bonds is 15. The van der Waals surface area contributed by atoms with E-state index in [0.717, 1.165) is 26.5 Å². The number of fused-ring (bicyclic) bond motifs is 1. The molecular formula is C40H64N14O16S2. The van der Waals surface area contributed by atoms with Crippen LogP contribution in [0, 0.1) is 0 Å². The van der Waals surface area contributed by atoms with E-state index in [9.17, 15) is 78.3 Å². The number of carbonyl (C=O) groups excluding carboxylic acids is 10. The van der Waals surface area contributed by atoms with Gasteiger partial charge in [-0.05, 0) is 45.6 Å². The third-order valence-electron chi connectivity index (χ3n) is 10.9. The molecule has 2 aliphatic rings. The van der Waals surface area contributed by atoms with Gasteiger partial charge < -0.3 is 94.7 Å². The number of carboxylic acids is 1. The second-order valence-corrected chi connectivity index (χ2v) is 19.0. The summed E-state index contributed by atoms with van der Waals surface area (Å²) in [4.78, 5) is 155. The highest BCUT2D eigenvalue weighted by molar-refractivity contribution is 8.76. The van der Waals surface area contributed by atoms with Crippen molar-refractivity contribution in [2.75, 3.05) is 57.6 Å².